The average Bonchev–Trinajstić information content (AvgIpc) is 3.23. The number of benzene rings is 2. The Balaban J connectivity index is 1.35. The van der Waals surface area contributed by atoms with Gasteiger partial charge in [-0.1, -0.05) is 54.1 Å². The van der Waals surface area contributed by atoms with Crippen molar-refractivity contribution in [3.63, 3.8) is 0 Å². The summed E-state index contributed by atoms with van der Waals surface area (Å²) in [5.74, 6) is 0.219. The molecule has 1 saturated heterocycles. The summed E-state index contributed by atoms with van der Waals surface area (Å²) in [6.07, 6.45) is 3.11. The van der Waals surface area contributed by atoms with Gasteiger partial charge >= 0.3 is 0 Å². The number of likely N-dealkylation sites (tertiary alicyclic amines) is 1. The second kappa shape index (κ2) is 6.81. The maximum absolute atomic E-state index is 12.6. The molecule has 2 heterocycles. The molecular formula is C21H22ClNO2. The van der Waals surface area contributed by atoms with Gasteiger partial charge in [0, 0.05) is 18.0 Å². The summed E-state index contributed by atoms with van der Waals surface area (Å²) >= 11 is 6.18. The van der Waals surface area contributed by atoms with Gasteiger partial charge in [-0.05, 0) is 42.0 Å². The van der Waals surface area contributed by atoms with E-state index in [0.29, 0.717) is 19.6 Å². The van der Waals surface area contributed by atoms with Crippen LogP contribution >= 0.6 is 11.6 Å². The quantitative estimate of drug-likeness (QED) is 0.817. The number of hydrogen-bond donors (Lipinski definition) is 0. The first kappa shape index (κ1) is 16.6. The van der Waals surface area contributed by atoms with Gasteiger partial charge in [0.2, 0.25) is 5.91 Å². The molecule has 2 aliphatic rings. The minimum atomic E-state index is -0.283. The van der Waals surface area contributed by atoms with Crippen molar-refractivity contribution in [2.24, 2.45) is 0 Å². The summed E-state index contributed by atoms with van der Waals surface area (Å²) in [5, 5.41) is 0.783. The summed E-state index contributed by atoms with van der Waals surface area (Å²) in [6.45, 7) is 2.11. The fourth-order valence-electron chi connectivity index (χ4n) is 4.01. The smallest absolute Gasteiger partial charge is 0.222 e. The van der Waals surface area contributed by atoms with E-state index in [1.54, 1.807) is 0 Å². The third-order valence-electron chi connectivity index (χ3n) is 5.39. The molecule has 1 amide bonds. The van der Waals surface area contributed by atoms with Gasteiger partial charge in [-0.3, -0.25) is 4.79 Å². The number of aryl methyl sites for hydroxylation is 1. The zero-order chi connectivity index (χ0) is 17.3. The van der Waals surface area contributed by atoms with Gasteiger partial charge in [-0.25, -0.2) is 0 Å². The number of fused-ring (bicyclic) bond motifs is 2. The van der Waals surface area contributed by atoms with E-state index in [1.807, 2.05) is 35.2 Å². The molecule has 2 aromatic carbocycles. The van der Waals surface area contributed by atoms with Crippen LogP contribution in [0.2, 0.25) is 5.02 Å². The number of hydrogen-bond acceptors (Lipinski definition) is 2. The van der Waals surface area contributed by atoms with E-state index >= 15 is 0 Å². The maximum atomic E-state index is 12.6. The molecule has 130 valence electrons. The lowest BCUT2D eigenvalue weighted by Crippen LogP contribution is -2.34. The van der Waals surface area contributed by atoms with Gasteiger partial charge in [0.25, 0.3) is 0 Å². The maximum Gasteiger partial charge on any atom is 0.222 e. The Bertz CT molecular complexity index is 791. The van der Waals surface area contributed by atoms with Crippen LogP contribution in [0.1, 0.15) is 36.0 Å². The van der Waals surface area contributed by atoms with Gasteiger partial charge in [0.15, 0.2) is 0 Å². The number of nitrogens with zero attached hydrogens (tertiary/aromatic N) is 1. The summed E-state index contributed by atoms with van der Waals surface area (Å²) in [4.78, 5) is 14.6. The van der Waals surface area contributed by atoms with E-state index in [-0.39, 0.29) is 11.5 Å². The molecule has 1 spiro atoms. The molecule has 1 unspecified atom stereocenters. The Morgan fingerprint density at radius 1 is 1.16 bits per heavy atom. The summed E-state index contributed by atoms with van der Waals surface area (Å²) in [6, 6.07) is 16.2. The van der Waals surface area contributed by atoms with E-state index < -0.39 is 0 Å². The van der Waals surface area contributed by atoms with E-state index in [2.05, 4.69) is 18.2 Å². The van der Waals surface area contributed by atoms with Crippen LogP contribution in [0.25, 0.3) is 0 Å². The number of halogens is 1. The molecule has 3 nitrogen and oxygen atoms in total. The lowest BCUT2D eigenvalue weighted by molar-refractivity contribution is -0.131. The summed E-state index contributed by atoms with van der Waals surface area (Å²) < 4.78 is 6.13. The van der Waals surface area contributed by atoms with Crippen LogP contribution in [0.15, 0.2) is 48.5 Å². The van der Waals surface area contributed by atoms with Gasteiger partial charge in [0.1, 0.15) is 5.60 Å². The highest BCUT2D eigenvalue weighted by Crippen LogP contribution is 2.43. The molecule has 0 N–H and O–H groups in total. The first-order chi connectivity index (χ1) is 12.2. The monoisotopic (exact) mass is 355 g/mol. The van der Waals surface area contributed by atoms with Crippen molar-refractivity contribution in [2.75, 3.05) is 13.1 Å². The highest BCUT2D eigenvalue weighted by molar-refractivity contribution is 6.31. The highest BCUT2D eigenvalue weighted by Gasteiger charge is 2.46. The number of carbonyl (C=O) groups is 1. The van der Waals surface area contributed by atoms with E-state index in [0.717, 1.165) is 36.4 Å². The standard InChI is InChI=1S/C21H22ClNO2/c22-19-10-4-2-6-16(19)8-5-11-20(24)23-13-12-21(15-23)18-9-3-1-7-17(18)14-25-21/h1-4,6-7,9-10H,5,8,11-15H2. The third kappa shape index (κ3) is 3.19. The number of carbonyl (C=O) groups excluding carboxylic acids is 1. The van der Waals surface area contributed by atoms with Crippen LogP contribution in [-0.4, -0.2) is 23.9 Å². The molecule has 0 radical (unpaired) electrons. The Labute approximate surface area is 153 Å². The fraction of sp³-hybridized carbons (Fsp3) is 0.381. The van der Waals surface area contributed by atoms with Crippen molar-refractivity contribution in [1.29, 1.82) is 0 Å². The Kier molecular flexibility index (Phi) is 4.53. The van der Waals surface area contributed by atoms with Crippen LogP contribution in [0, 0.1) is 0 Å². The second-order valence-corrected chi connectivity index (χ2v) is 7.36. The summed E-state index contributed by atoms with van der Waals surface area (Å²) in [7, 11) is 0. The molecule has 0 bridgehead atoms. The predicted octanol–water partition coefficient (Wildman–Crippen LogP) is 4.32. The highest BCUT2D eigenvalue weighted by atomic mass is 35.5. The van der Waals surface area contributed by atoms with Crippen molar-refractivity contribution in [3.05, 3.63) is 70.2 Å². The molecule has 4 heteroatoms. The van der Waals surface area contributed by atoms with Crippen molar-refractivity contribution in [3.8, 4) is 0 Å². The van der Waals surface area contributed by atoms with Crippen LogP contribution in [0.5, 0.6) is 0 Å². The third-order valence-corrected chi connectivity index (χ3v) is 5.76. The fourth-order valence-corrected chi connectivity index (χ4v) is 4.24. The molecule has 0 aromatic heterocycles. The first-order valence-electron chi connectivity index (χ1n) is 8.91. The van der Waals surface area contributed by atoms with Crippen molar-refractivity contribution in [1.82, 2.24) is 4.90 Å². The van der Waals surface area contributed by atoms with Crippen LogP contribution < -0.4 is 0 Å². The SMILES string of the molecule is O=C(CCCc1ccccc1Cl)N1CCC2(C1)OCc1ccccc12. The summed E-state index contributed by atoms with van der Waals surface area (Å²) in [5.41, 5.74) is 3.36. The van der Waals surface area contributed by atoms with Gasteiger partial charge in [0.05, 0.1) is 13.2 Å². The van der Waals surface area contributed by atoms with Crippen molar-refractivity contribution in [2.45, 2.75) is 37.9 Å². The molecule has 4 rings (SSSR count). The van der Waals surface area contributed by atoms with E-state index in [1.165, 1.54) is 11.1 Å². The molecule has 1 fully saturated rings. The van der Waals surface area contributed by atoms with Crippen molar-refractivity contribution < 1.29 is 9.53 Å². The molecule has 2 aliphatic heterocycles. The number of amides is 1. The molecule has 1 atom stereocenters. The topological polar surface area (TPSA) is 29.5 Å². The molecule has 0 saturated carbocycles. The van der Waals surface area contributed by atoms with Crippen molar-refractivity contribution >= 4 is 17.5 Å². The first-order valence-corrected chi connectivity index (χ1v) is 9.29. The molecular weight excluding hydrogens is 334 g/mol. The Hall–Kier alpha value is -1.84. The molecule has 0 aliphatic carbocycles. The van der Waals surface area contributed by atoms with E-state index in [4.69, 9.17) is 16.3 Å². The van der Waals surface area contributed by atoms with Gasteiger partial charge < -0.3 is 9.64 Å². The minimum Gasteiger partial charge on any atom is -0.364 e. The molecule has 2 aromatic rings. The predicted molar refractivity (Wildman–Crippen MR) is 98.5 cm³/mol. The normalized spacial score (nSPS) is 21.7. The zero-order valence-electron chi connectivity index (χ0n) is 14.2. The number of rotatable bonds is 4. The lowest BCUT2D eigenvalue weighted by atomic mass is 9.92. The van der Waals surface area contributed by atoms with Gasteiger partial charge in [-0.2, -0.15) is 0 Å². The zero-order valence-corrected chi connectivity index (χ0v) is 15.0. The van der Waals surface area contributed by atoms with Gasteiger partial charge in [-0.15, -0.1) is 0 Å². The largest absolute Gasteiger partial charge is 0.364 e. The van der Waals surface area contributed by atoms with Crippen LogP contribution in [-0.2, 0) is 28.2 Å². The Morgan fingerprint density at radius 3 is 2.84 bits per heavy atom. The lowest BCUT2D eigenvalue weighted by Gasteiger charge is -2.24. The minimum absolute atomic E-state index is 0.219. The van der Waals surface area contributed by atoms with Crippen LogP contribution in [0.4, 0.5) is 0 Å². The average molecular weight is 356 g/mol. The van der Waals surface area contributed by atoms with E-state index in [9.17, 15) is 4.79 Å². The Morgan fingerprint density at radius 2 is 1.96 bits per heavy atom. The second-order valence-electron chi connectivity index (χ2n) is 6.95. The number of ether oxygens (including phenoxy) is 1. The molecule has 25 heavy (non-hydrogen) atoms. The van der Waals surface area contributed by atoms with Crippen LogP contribution in [0.3, 0.4) is 0 Å².